The van der Waals surface area contributed by atoms with E-state index in [2.05, 4.69) is 44.8 Å². The number of nitrogens with zero attached hydrogens (tertiary/aromatic N) is 1. The lowest BCUT2D eigenvalue weighted by Gasteiger charge is -2.45. The van der Waals surface area contributed by atoms with Crippen molar-refractivity contribution in [3.63, 3.8) is 0 Å². The molecule has 0 aliphatic heterocycles. The molecule has 1 saturated carbocycles. The second-order valence-electron chi connectivity index (χ2n) is 6.24. The Labute approximate surface area is 115 Å². The third-order valence-corrected chi connectivity index (χ3v) is 4.69. The molecule has 1 N–H and O–H groups in total. The molecule has 0 saturated heterocycles. The van der Waals surface area contributed by atoms with Crippen molar-refractivity contribution in [3.8, 4) is 0 Å². The zero-order valence-corrected chi connectivity index (χ0v) is 13.2. The van der Waals surface area contributed by atoms with Gasteiger partial charge in [0.25, 0.3) is 0 Å². The van der Waals surface area contributed by atoms with Crippen LogP contribution in [0.3, 0.4) is 0 Å². The Balaban J connectivity index is 2.39. The Morgan fingerprint density at radius 3 is 2.17 bits per heavy atom. The highest BCUT2D eigenvalue weighted by atomic mass is 15.2. The minimum Gasteiger partial charge on any atom is -0.314 e. The summed E-state index contributed by atoms with van der Waals surface area (Å²) in [5, 5.41) is 3.61. The zero-order valence-electron chi connectivity index (χ0n) is 13.2. The molecular weight excluding hydrogens is 220 g/mol. The minimum atomic E-state index is 0.625. The van der Waals surface area contributed by atoms with E-state index in [1.54, 1.807) is 0 Å². The first kappa shape index (κ1) is 16.0. The van der Waals surface area contributed by atoms with Crippen LogP contribution in [0.2, 0.25) is 0 Å². The van der Waals surface area contributed by atoms with Crippen LogP contribution in [0, 0.1) is 11.8 Å². The topological polar surface area (TPSA) is 15.3 Å². The van der Waals surface area contributed by atoms with Gasteiger partial charge in [0.15, 0.2) is 0 Å². The maximum Gasteiger partial charge on any atom is 0.0136 e. The van der Waals surface area contributed by atoms with Crippen molar-refractivity contribution in [1.82, 2.24) is 10.2 Å². The Hall–Kier alpha value is -0.0800. The van der Waals surface area contributed by atoms with E-state index in [4.69, 9.17) is 0 Å². The summed E-state index contributed by atoms with van der Waals surface area (Å²) in [6, 6.07) is 1.47. The van der Waals surface area contributed by atoms with Crippen LogP contribution in [-0.2, 0) is 0 Å². The van der Waals surface area contributed by atoms with E-state index >= 15 is 0 Å². The molecule has 0 heterocycles. The van der Waals surface area contributed by atoms with Crippen molar-refractivity contribution in [3.05, 3.63) is 0 Å². The van der Waals surface area contributed by atoms with E-state index in [0.717, 1.165) is 17.9 Å². The van der Waals surface area contributed by atoms with Gasteiger partial charge in [-0.2, -0.15) is 0 Å². The fourth-order valence-corrected chi connectivity index (χ4v) is 3.03. The highest BCUT2D eigenvalue weighted by molar-refractivity contribution is 4.90. The summed E-state index contributed by atoms with van der Waals surface area (Å²) in [4.78, 5) is 2.74. The van der Waals surface area contributed by atoms with Crippen molar-refractivity contribution in [2.75, 3.05) is 19.6 Å². The average molecular weight is 254 g/mol. The van der Waals surface area contributed by atoms with Gasteiger partial charge in [-0.25, -0.2) is 0 Å². The van der Waals surface area contributed by atoms with Crippen LogP contribution in [0.25, 0.3) is 0 Å². The molecule has 18 heavy (non-hydrogen) atoms. The summed E-state index contributed by atoms with van der Waals surface area (Å²) in [5.41, 5.74) is 0. The summed E-state index contributed by atoms with van der Waals surface area (Å²) in [6.07, 6.45) is 5.49. The van der Waals surface area contributed by atoms with E-state index in [1.807, 2.05) is 0 Å². The summed E-state index contributed by atoms with van der Waals surface area (Å²) >= 11 is 0. The van der Waals surface area contributed by atoms with Crippen LogP contribution < -0.4 is 5.32 Å². The molecule has 1 aliphatic rings. The molecule has 0 radical (unpaired) electrons. The third-order valence-electron chi connectivity index (χ3n) is 4.69. The van der Waals surface area contributed by atoms with E-state index in [1.165, 1.54) is 45.3 Å². The summed E-state index contributed by atoms with van der Waals surface area (Å²) in [6.45, 7) is 15.2. The molecular formula is C16H34N2. The first-order valence-corrected chi connectivity index (χ1v) is 8.09. The van der Waals surface area contributed by atoms with Crippen molar-refractivity contribution >= 4 is 0 Å². The number of rotatable bonds is 9. The molecule has 2 nitrogen and oxygen atoms in total. The lowest BCUT2D eigenvalue weighted by atomic mass is 9.77. The molecule has 0 amide bonds. The largest absolute Gasteiger partial charge is 0.314 e. The molecule has 0 spiro atoms. The quantitative estimate of drug-likeness (QED) is 0.677. The van der Waals surface area contributed by atoms with Gasteiger partial charge >= 0.3 is 0 Å². The number of nitrogens with one attached hydrogen (secondary N) is 1. The molecule has 0 aromatic carbocycles. The van der Waals surface area contributed by atoms with Crippen LogP contribution in [0.5, 0.6) is 0 Å². The van der Waals surface area contributed by atoms with E-state index in [0.29, 0.717) is 6.04 Å². The molecule has 1 fully saturated rings. The molecule has 0 aromatic rings. The van der Waals surface area contributed by atoms with E-state index in [9.17, 15) is 0 Å². The normalized spacial score (nSPS) is 24.0. The molecule has 0 aromatic heterocycles. The SMILES string of the molecule is CCC(CC)CN(CC)C1CCC1CNC(C)C. The summed E-state index contributed by atoms with van der Waals surface area (Å²) < 4.78 is 0. The molecule has 0 bridgehead atoms. The standard InChI is InChI=1S/C16H34N2/c1-6-14(7-2)12-18(8-3)16-10-9-15(16)11-17-13(4)5/h13-17H,6-12H2,1-5H3. The van der Waals surface area contributed by atoms with Crippen LogP contribution in [0.1, 0.15) is 60.3 Å². The van der Waals surface area contributed by atoms with Gasteiger partial charge in [0.1, 0.15) is 0 Å². The van der Waals surface area contributed by atoms with Gasteiger partial charge in [0.05, 0.1) is 0 Å². The summed E-state index contributed by atoms with van der Waals surface area (Å²) in [5.74, 6) is 1.78. The molecule has 2 unspecified atom stereocenters. The smallest absolute Gasteiger partial charge is 0.0136 e. The Bertz CT molecular complexity index is 211. The highest BCUT2D eigenvalue weighted by Gasteiger charge is 2.34. The second-order valence-corrected chi connectivity index (χ2v) is 6.24. The van der Waals surface area contributed by atoms with Gasteiger partial charge in [-0.05, 0) is 37.8 Å². The number of hydrogen-bond donors (Lipinski definition) is 1. The van der Waals surface area contributed by atoms with Gasteiger partial charge in [-0.15, -0.1) is 0 Å². The average Bonchev–Trinajstić information content (AvgIpc) is 2.32. The van der Waals surface area contributed by atoms with Crippen LogP contribution >= 0.6 is 0 Å². The predicted molar refractivity (Wildman–Crippen MR) is 81.0 cm³/mol. The zero-order chi connectivity index (χ0) is 13.5. The van der Waals surface area contributed by atoms with E-state index in [-0.39, 0.29) is 0 Å². The third kappa shape index (κ3) is 4.55. The minimum absolute atomic E-state index is 0.625. The molecule has 2 heteroatoms. The molecule has 1 aliphatic carbocycles. The van der Waals surface area contributed by atoms with Crippen molar-refractivity contribution < 1.29 is 0 Å². The molecule has 1 rings (SSSR count). The Morgan fingerprint density at radius 2 is 1.78 bits per heavy atom. The van der Waals surface area contributed by atoms with Crippen molar-refractivity contribution in [1.29, 1.82) is 0 Å². The maximum atomic E-state index is 3.61. The first-order valence-electron chi connectivity index (χ1n) is 8.09. The lowest BCUT2D eigenvalue weighted by Crippen LogP contribution is -2.52. The number of hydrogen-bond acceptors (Lipinski definition) is 2. The first-order chi connectivity index (χ1) is 8.62. The van der Waals surface area contributed by atoms with Gasteiger partial charge in [-0.1, -0.05) is 47.5 Å². The van der Waals surface area contributed by atoms with Crippen LogP contribution in [0.15, 0.2) is 0 Å². The second kappa shape index (κ2) is 8.16. The lowest BCUT2D eigenvalue weighted by molar-refractivity contribution is 0.0510. The van der Waals surface area contributed by atoms with Crippen LogP contribution in [0.4, 0.5) is 0 Å². The molecule has 108 valence electrons. The van der Waals surface area contributed by atoms with Gasteiger partial charge < -0.3 is 10.2 Å². The summed E-state index contributed by atoms with van der Waals surface area (Å²) in [7, 11) is 0. The Morgan fingerprint density at radius 1 is 1.11 bits per heavy atom. The fraction of sp³-hybridized carbons (Fsp3) is 1.00. The maximum absolute atomic E-state index is 3.61. The monoisotopic (exact) mass is 254 g/mol. The van der Waals surface area contributed by atoms with Crippen molar-refractivity contribution in [2.45, 2.75) is 72.4 Å². The van der Waals surface area contributed by atoms with E-state index < -0.39 is 0 Å². The van der Waals surface area contributed by atoms with Gasteiger partial charge in [0, 0.05) is 18.6 Å². The van der Waals surface area contributed by atoms with Gasteiger partial charge in [-0.3, -0.25) is 0 Å². The Kier molecular flexibility index (Phi) is 7.25. The predicted octanol–water partition coefficient (Wildman–Crippen LogP) is 3.52. The highest BCUT2D eigenvalue weighted by Crippen LogP contribution is 2.32. The molecule has 2 atom stereocenters. The van der Waals surface area contributed by atoms with Crippen LogP contribution in [-0.4, -0.2) is 36.6 Å². The fourth-order valence-electron chi connectivity index (χ4n) is 3.03. The van der Waals surface area contributed by atoms with Gasteiger partial charge in [0.2, 0.25) is 0 Å². The van der Waals surface area contributed by atoms with Crippen molar-refractivity contribution in [2.24, 2.45) is 11.8 Å².